The summed E-state index contributed by atoms with van der Waals surface area (Å²) in [6.45, 7) is 4.63. The summed E-state index contributed by atoms with van der Waals surface area (Å²) in [4.78, 5) is 0. The molecule has 1 aliphatic heterocycles. The van der Waals surface area contributed by atoms with Crippen LogP contribution in [0.25, 0.3) is 0 Å². The Morgan fingerprint density at radius 3 is 2.93 bits per heavy atom. The van der Waals surface area contributed by atoms with Gasteiger partial charge in [-0.25, -0.2) is 0 Å². The predicted octanol–water partition coefficient (Wildman–Crippen LogP) is 2.57. The fraction of sp³-hybridized carbons (Fsp3) is 0.455. The van der Waals surface area contributed by atoms with Crippen LogP contribution in [-0.2, 0) is 11.3 Å². The molecule has 0 saturated carbocycles. The molecule has 0 aromatic heterocycles. The van der Waals surface area contributed by atoms with Crippen LogP contribution in [0.1, 0.15) is 29.7 Å². The fourth-order valence-electron chi connectivity index (χ4n) is 1.92. The Morgan fingerprint density at radius 1 is 1.50 bits per heavy atom. The Kier molecular flexibility index (Phi) is 2.52. The van der Waals surface area contributed by atoms with Gasteiger partial charge < -0.3 is 10.5 Å². The van der Waals surface area contributed by atoms with Crippen molar-refractivity contribution in [3.63, 3.8) is 0 Å². The monoisotopic (exact) mass is 211 g/mol. The van der Waals surface area contributed by atoms with Crippen LogP contribution in [0, 0.1) is 6.92 Å². The third-order valence-electron chi connectivity index (χ3n) is 2.85. The highest BCUT2D eigenvalue weighted by atomic mass is 35.5. The molecular weight excluding hydrogens is 198 g/mol. The van der Waals surface area contributed by atoms with Crippen LogP contribution >= 0.6 is 11.6 Å². The third kappa shape index (κ3) is 1.44. The highest BCUT2D eigenvalue weighted by Gasteiger charge is 2.26. The predicted molar refractivity (Wildman–Crippen MR) is 57.4 cm³/mol. The highest BCUT2D eigenvalue weighted by Crippen LogP contribution is 2.34. The van der Waals surface area contributed by atoms with E-state index in [9.17, 15) is 0 Å². The zero-order chi connectivity index (χ0) is 10.3. The lowest BCUT2D eigenvalue weighted by molar-refractivity contribution is 0.0212. The summed E-state index contributed by atoms with van der Waals surface area (Å²) in [5, 5.41) is 0.757. The maximum absolute atomic E-state index is 6.09. The molecule has 76 valence electrons. The normalized spacial score (nSPS) is 26.0. The second-order valence-corrected chi connectivity index (χ2v) is 4.21. The van der Waals surface area contributed by atoms with Gasteiger partial charge in [0.25, 0.3) is 0 Å². The van der Waals surface area contributed by atoms with Gasteiger partial charge in [0.1, 0.15) is 0 Å². The van der Waals surface area contributed by atoms with Gasteiger partial charge in [0.15, 0.2) is 0 Å². The lowest BCUT2D eigenvalue weighted by atomic mass is 9.91. The van der Waals surface area contributed by atoms with Crippen LogP contribution in [-0.4, -0.2) is 6.10 Å². The number of rotatable bonds is 0. The molecule has 2 nitrogen and oxygen atoms in total. The van der Waals surface area contributed by atoms with Crippen molar-refractivity contribution >= 4 is 11.6 Å². The van der Waals surface area contributed by atoms with Gasteiger partial charge in [-0.2, -0.15) is 0 Å². The number of benzene rings is 1. The van der Waals surface area contributed by atoms with Gasteiger partial charge in [0.05, 0.1) is 18.8 Å². The zero-order valence-electron chi connectivity index (χ0n) is 8.38. The molecule has 0 fully saturated rings. The van der Waals surface area contributed by atoms with E-state index < -0.39 is 0 Å². The van der Waals surface area contributed by atoms with E-state index in [0.29, 0.717) is 6.61 Å². The molecule has 1 aromatic rings. The van der Waals surface area contributed by atoms with Gasteiger partial charge >= 0.3 is 0 Å². The van der Waals surface area contributed by atoms with Crippen LogP contribution in [0.5, 0.6) is 0 Å². The molecule has 3 heteroatoms. The van der Waals surface area contributed by atoms with E-state index in [2.05, 4.69) is 6.92 Å². The molecule has 1 aliphatic rings. The second-order valence-electron chi connectivity index (χ2n) is 3.80. The summed E-state index contributed by atoms with van der Waals surface area (Å²) in [7, 11) is 0. The minimum absolute atomic E-state index is 0.0579. The fourth-order valence-corrected chi connectivity index (χ4v) is 2.14. The molecule has 2 atom stereocenters. The Bertz CT molecular complexity index is 365. The van der Waals surface area contributed by atoms with E-state index >= 15 is 0 Å². The van der Waals surface area contributed by atoms with Gasteiger partial charge in [0.2, 0.25) is 0 Å². The largest absolute Gasteiger partial charge is 0.372 e. The van der Waals surface area contributed by atoms with Gasteiger partial charge in [-0.15, -0.1) is 0 Å². The Labute approximate surface area is 89.0 Å². The molecular formula is C11H14ClNO. The Balaban J connectivity index is 2.58. The molecule has 2 N–H and O–H groups in total. The number of halogens is 1. The van der Waals surface area contributed by atoms with Crippen molar-refractivity contribution in [1.82, 2.24) is 0 Å². The first-order chi connectivity index (χ1) is 6.61. The van der Waals surface area contributed by atoms with Gasteiger partial charge in [-0.3, -0.25) is 0 Å². The molecule has 0 saturated heterocycles. The molecule has 2 rings (SSSR count). The van der Waals surface area contributed by atoms with Crippen molar-refractivity contribution < 1.29 is 4.74 Å². The summed E-state index contributed by atoms with van der Waals surface area (Å²) in [5.74, 6) is 0. The average Bonchev–Trinajstić information content (AvgIpc) is 2.16. The summed E-state index contributed by atoms with van der Waals surface area (Å²) in [6.07, 6.45) is 0.0691. The molecule has 14 heavy (non-hydrogen) atoms. The minimum Gasteiger partial charge on any atom is -0.372 e. The Hall–Kier alpha value is -0.570. The number of fused-ring (bicyclic) bond motifs is 1. The van der Waals surface area contributed by atoms with Crippen LogP contribution in [0.3, 0.4) is 0 Å². The minimum atomic E-state index is -0.0579. The zero-order valence-corrected chi connectivity index (χ0v) is 9.14. The van der Waals surface area contributed by atoms with Crippen molar-refractivity contribution in [3.8, 4) is 0 Å². The van der Waals surface area contributed by atoms with E-state index in [0.717, 1.165) is 16.1 Å². The Morgan fingerprint density at radius 2 is 2.21 bits per heavy atom. The molecule has 0 unspecified atom stereocenters. The van der Waals surface area contributed by atoms with Gasteiger partial charge in [0, 0.05) is 10.6 Å². The first-order valence-corrected chi connectivity index (χ1v) is 5.14. The van der Waals surface area contributed by atoms with Crippen molar-refractivity contribution in [1.29, 1.82) is 0 Å². The van der Waals surface area contributed by atoms with Crippen LogP contribution in [0.4, 0.5) is 0 Å². The maximum Gasteiger partial charge on any atom is 0.0744 e. The number of ether oxygens (including phenoxy) is 1. The van der Waals surface area contributed by atoms with Crippen molar-refractivity contribution in [2.75, 3.05) is 0 Å². The van der Waals surface area contributed by atoms with E-state index in [1.165, 1.54) is 5.56 Å². The molecule has 1 aromatic carbocycles. The smallest absolute Gasteiger partial charge is 0.0744 e. The number of hydrogen-bond acceptors (Lipinski definition) is 2. The summed E-state index contributed by atoms with van der Waals surface area (Å²) >= 11 is 6.09. The van der Waals surface area contributed by atoms with Crippen LogP contribution < -0.4 is 5.73 Å². The van der Waals surface area contributed by atoms with E-state index in [1.54, 1.807) is 0 Å². The molecule has 0 aliphatic carbocycles. The highest BCUT2D eigenvalue weighted by molar-refractivity contribution is 6.31. The second kappa shape index (κ2) is 3.54. The van der Waals surface area contributed by atoms with E-state index in [4.69, 9.17) is 22.1 Å². The van der Waals surface area contributed by atoms with Gasteiger partial charge in [-0.1, -0.05) is 17.7 Å². The molecule has 1 heterocycles. The van der Waals surface area contributed by atoms with Crippen LogP contribution in [0.2, 0.25) is 5.02 Å². The number of aryl methyl sites for hydroxylation is 1. The topological polar surface area (TPSA) is 35.2 Å². The molecule has 0 spiro atoms. The number of hydrogen-bond donors (Lipinski definition) is 1. The van der Waals surface area contributed by atoms with Crippen molar-refractivity contribution in [3.05, 3.63) is 33.8 Å². The van der Waals surface area contributed by atoms with Crippen LogP contribution in [0.15, 0.2) is 12.1 Å². The average molecular weight is 212 g/mol. The van der Waals surface area contributed by atoms with E-state index in [1.807, 2.05) is 19.1 Å². The lowest BCUT2D eigenvalue weighted by Crippen LogP contribution is -2.32. The molecule has 0 bridgehead atoms. The summed E-state index contributed by atoms with van der Waals surface area (Å²) in [5.41, 5.74) is 9.49. The molecule has 0 amide bonds. The third-order valence-corrected chi connectivity index (χ3v) is 3.20. The number of nitrogens with two attached hydrogens (primary N) is 1. The van der Waals surface area contributed by atoms with E-state index in [-0.39, 0.29) is 12.1 Å². The standard InChI is InChI=1S/C11H14ClNO/c1-6-3-4-9(12)8-5-14-7(2)11(13)10(6)8/h3-4,7,11H,5,13H2,1-2H3/t7-,11-/m1/s1. The first kappa shape index (κ1) is 9.97. The first-order valence-electron chi connectivity index (χ1n) is 4.76. The van der Waals surface area contributed by atoms with Gasteiger partial charge in [-0.05, 0) is 31.0 Å². The quantitative estimate of drug-likeness (QED) is 0.716. The lowest BCUT2D eigenvalue weighted by Gasteiger charge is -2.30. The summed E-state index contributed by atoms with van der Waals surface area (Å²) in [6, 6.07) is 3.86. The summed E-state index contributed by atoms with van der Waals surface area (Å²) < 4.78 is 5.54. The molecule has 0 radical (unpaired) electrons. The van der Waals surface area contributed by atoms with Crippen molar-refractivity contribution in [2.45, 2.75) is 32.6 Å². The maximum atomic E-state index is 6.09. The van der Waals surface area contributed by atoms with Crippen molar-refractivity contribution in [2.24, 2.45) is 5.73 Å². The SMILES string of the molecule is Cc1ccc(Cl)c2c1[C@H](N)[C@@H](C)OC2.